The summed E-state index contributed by atoms with van der Waals surface area (Å²) in [7, 11) is 0. The lowest BCUT2D eigenvalue weighted by Gasteiger charge is -2.24. The summed E-state index contributed by atoms with van der Waals surface area (Å²) in [5.41, 5.74) is 2.10. The molecule has 0 fully saturated rings. The molecule has 11 nitrogen and oxygen atoms in total. The highest BCUT2D eigenvalue weighted by Crippen LogP contribution is 2.26. The molecule has 0 aliphatic carbocycles. The van der Waals surface area contributed by atoms with Gasteiger partial charge in [-0.25, -0.2) is 14.8 Å². The lowest BCUT2D eigenvalue weighted by atomic mass is 10.1. The van der Waals surface area contributed by atoms with Crippen LogP contribution in [0.2, 0.25) is 0 Å². The smallest absolute Gasteiger partial charge is 0.326 e. The maximum Gasteiger partial charge on any atom is 0.326 e. The number of fused-ring (bicyclic) bond motifs is 1. The molecule has 0 aliphatic heterocycles. The summed E-state index contributed by atoms with van der Waals surface area (Å²) in [6.45, 7) is 2.33. The second kappa shape index (κ2) is 13.6. The van der Waals surface area contributed by atoms with E-state index in [2.05, 4.69) is 47.4 Å². The first-order valence-electron chi connectivity index (χ1n) is 12.9. The number of aromatic amines is 1. The van der Waals surface area contributed by atoms with Gasteiger partial charge in [0, 0.05) is 34.9 Å². The summed E-state index contributed by atoms with van der Waals surface area (Å²) in [6, 6.07) is 13.8. The standard InChI is InChI=1S/C30H27BrN6O5/c1-3-14-37(17-20-15-22-25(16-23(20)31)33-18(2)34-29(22)40)21-9-7-19(8-10-21)28(39)35-24(30(41)42)11-12-27(38)36-26-6-4-5-13-32-26/h1,4-10,13,15-16,24H,11-12,14,17H2,2H3,(H,35,39)(H,41,42)(H,32,36,38)(H,33,34,40). The predicted octanol–water partition coefficient (Wildman–Crippen LogP) is 3.63. The van der Waals surface area contributed by atoms with Gasteiger partial charge in [0.25, 0.3) is 11.5 Å². The quantitative estimate of drug-likeness (QED) is 0.183. The Morgan fingerprint density at radius 3 is 2.60 bits per heavy atom. The number of nitrogens with one attached hydrogen (secondary N) is 3. The van der Waals surface area contributed by atoms with E-state index in [4.69, 9.17) is 6.42 Å². The second-order valence-corrected chi connectivity index (χ2v) is 10.2. The number of halogens is 1. The van der Waals surface area contributed by atoms with Crippen LogP contribution in [0.15, 0.2) is 70.1 Å². The normalized spacial score (nSPS) is 11.4. The van der Waals surface area contributed by atoms with Crippen molar-refractivity contribution in [3.63, 3.8) is 0 Å². The van der Waals surface area contributed by atoms with Gasteiger partial charge in [-0.05, 0) is 67.4 Å². The number of benzene rings is 2. The SMILES string of the molecule is C#CCN(Cc1cc2c(=O)[nH]c(C)nc2cc1Br)c1ccc(C(=O)NC(CCC(=O)Nc2ccccn2)C(=O)O)cc1. The highest BCUT2D eigenvalue weighted by Gasteiger charge is 2.22. The lowest BCUT2D eigenvalue weighted by molar-refractivity contribution is -0.139. The molecule has 0 saturated carbocycles. The molecule has 2 amide bonds. The maximum atomic E-state index is 12.8. The van der Waals surface area contributed by atoms with Gasteiger partial charge < -0.3 is 25.6 Å². The Balaban J connectivity index is 1.43. The van der Waals surface area contributed by atoms with Crippen molar-refractivity contribution < 1.29 is 19.5 Å². The molecule has 42 heavy (non-hydrogen) atoms. The van der Waals surface area contributed by atoms with Gasteiger partial charge in [0.1, 0.15) is 17.7 Å². The maximum absolute atomic E-state index is 12.8. The van der Waals surface area contributed by atoms with Crippen LogP contribution < -0.4 is 21.1 Å². The second-order valence-electron chi connectivity index (χ2n) is 9.39. The molecule has 1 unspecified atom stereocenters. The molecule has 2 aromatic heterocycles. The van der Waals surface area contributed by atoms with Crippen molar-refractivity contribution in [2.24, 2.45) is 0 Å². The number of carbonyl (C=O) groups is 3. The number of H-pyrrole nitrogens is 1. The minimum absolute atomic E-state index is 0.105. The summed E-state index contributed by atoms with van der Waals surface area (Å²) in [6.07, 6.45) is 6.92. The summed E-state index contributed by atoms with van der Waals surface area (Å²) in [5.74, 6) is 1.23. The van der Waals surface area contributed by atoms with Gasteiger partial charge >= 0.3 is 5.97 Å². The van der Waals surface area contributed by atoms with E-state index in [0.29, 0.717) is 34.8 Å². The van der Waals surface area contributed by atoms with E-state index in [9.17, 15) is 24.3 Å². The fourth-order valence-electron chi connectivity index (χ4n) is 4.24. The van der Waals surface area contributed by atoms with Crippen LogP contribution in [0.3, 0.4) is 0 Å². The van der Waals surface area contributed by atoms with E-state index in [1.165, 1.54) is 6.20 Å². The fraction of sp³-hybridized carbons (Fsp3) is 0.200. The third-order valence-corrected chi connectivity index (χ3v) is 7.06. The molecular formula is C30H27BrN6O5. The first-order valence-corrected chi connectivity index (χ1v) is 13.7. The first-order chi connectivity index (χ1) is 20.1. The Kier molecular flexibility index (Phi) is 9.67. The summed E-state index contributed by atoms with van der Waals surface area (Å²) in [5, 5.41) is 15.1. The van der Waals surface area contributed by atoms with Gasteiger partial charge in [-0.2, -0.15) is 0 Å². The Labute approximate surface area is 249 Å². The molecule has 4 N–H and O–H groups in total. The van der Waals surface area contributed by atoms with Gasteiger partial charge in [0.15, 0.2) is 0 Å². The van der Waals surface area contributed by atoms with Crippen molar-refractivity contribution in [1.82, 2.24) is 20.3 Å². The fourth-order valence-corrected chi connectivity index (χ4v) is 4.69. The van der Waals surface area contributed by atoms with Gasteiger partial charge in [-0.15, -0.1) is 6.42 Å². The average Bonchev–Trinajstić information content (AvgIpc) is 2.96. The molecule has 4 aromatic rings. The predicted molar refractivity (Wildman–Crippen MR) is 162 cm³/mol. The minimum Gasteiger partial charge on any atom is -0.480 e. The van der Waals surface area contributed by atoms with Crippen LogP contribution in [-0.4, -0.2) is 50.4 Å². The number of hydrogen-bond acceptors (Lipinski definition) is 7. The monoisotopic (exact) mass is 630 g/mol. The number of rotatable bonds is 11. The van der Waals surface area contributed by atoms with E-state index < -0.39 is 23.8 Å². The molecule has 4 rings (SSSR count). The van der Waals surface area contributed by atoms with Crippen molar-refractivity contribution in [2.75, 3.05) is 16.8 Å². The number of aromatic nitrogens is 3. The highest BCUT2D eigenvalue weighted by molar-refractivity contribution is 9.10. The highest BCUT2D eigenvalue weighted by atomic mass is 79.9. The van der Waals surface area contributed by atoms with E-state index in [1.54, 1.807) is 61.5 Å². The topological polar surface area (TPSA) is 157 Å². The van der Waals surface area contributed by atoms with Crippen molar-refractivity contribution in [3.05, 3.63) is 92.6 Å². The van der Waals surface area contributed by atoms with E-state index in [1.807, 2.05) is 4.90 Å². The molecule has 2 heterocycles. The molecule has 214 valence electrons. The number of aliphatic carboxylic acids is 1. The molecule has 0 saturated heterocycles. The number of pyridine rings is 1. The number of hydrogen-bond donors (Lipinski definition) is 4. The number of carboxylic acids is 1. The zero-order valence-electron chi connectivity index (χ0n) is 22.6. The Morgan fingerprint density at radius 1 is 1.17 bits per heavy atom. The van der Waals surface area contributed by atoms with Crippen LogP contribution in [0.1, 0.15) is 34.6 Å². The van der Waals surface area contributed by atoms with Crippen LogP contribution in [-0.2, 0) is 16.1 Å². The van der Waals surface area contributed by atoms with Crippen molar-refractivity contribution in [1.29, 1.82) is 0 Å². The number of amides is 2. The van der Waals surface area contributed by atoms with Crippen molar-refractivity contribution >= 4 is 56.1 Å². The summed E-state index contributed by atoms with van der Waals surface area (Å²) >= 11 is 3.56. The van der Waals surface area contributed by atoms with E-state index >= 15 is 0 Å². The molecule has 0 radical (unpaired) electrons. The zero-order valence-corrected chi connectivity index (χ0v) is 24.1. The molecule has 0 spiro atoms. The third-order valence-electron chi connectivity index (χ3n) is 6.33. The first kappa shape index (κ1) is 30.0. The average molecular weight is 631 g/mol. The molecule has 0 aliphatic rings. The number of aryl methyl sites for hydroxylation is 1. The Hall–Kier alpha value is -5.02. The van der Waals surface area contributed by atoms with Crippen LogP contribution in [0.25, 0.3) is 10.9 Å². The number of terminal acetylenes is 1. The third kappa shape index (κ3) is 7.58. The molecular weight excluding hydrogens is 604 g/mol. The lowest BCUT2D eigenvalue weighted by Crippen LogP contribution is -2.41. The van der Waals surface area contributed by atoms with Crippen LogP contribution in [0, 0.1) is 19.3 Å². The summed E-state index contributed by atoms with van der Waals surface area (Å²) in [4.78, 5) is 62.2. The van der Waals surface area contributed by atoms with Crippen LogP contribution >= 0.6 is 15.9 Å². The summed E-state index contributed by atoms with van der Waals surface area (Å²) < 4.78 is 0.763. The molecule has 2 aromatic carbocycles. The van der Waals surface area contributed by atoms with Crippen LogP contribution in [0.5, 0.6) is 0 Å². The van der Waals surface area contributed by atoms with Crippen molar-refractivity contribution in [2.45, 2.75) is 32.4 Å². The molecule has 12 heteroatoms. The minimum atomic E-state index is -1.27. The van der Waals surface area contributed by atoms with E-state index in [-0.39, 0.29) is 30.5 Å². The van der Waals surface area contributed by atoms with Gasteiger partial charge in [0.05, 0.1) is 17.4 Å². The van der Waals surface area contributed by atoms with Gasteiger partial charge in [-0.3, -0.25) is 14.4 Å². The van der Waals surface area contributed by atoms with Gasteiger partial charge in [-0.1, -0.05) is 27.9 Å². The van der Waals surface area contributed by atoms with Crippen molar-refractivity contribution in [3.8, 4) is 12.3 Å². The molecule has 1 atom stereocenters. The zero-order chi connectivity index (χ0) is 30.2. The largest absolute Gasteiger partial charge is 0.480 e. The van der Waals surface area contributed by atoms with E-state index in [0.717, 1.165) is 10.0 Å². The molecule has 0 bridgehead atoms. The van der Waals surface area contributed by atoms with Gasteiger partial charge in [0.2, 0.25) is 5.91 Å². The Morgan fingerprint density at radius 2 is 1.93 bits per heavy atom. The number of nitrogens with zero attached hydrogens (tertiary/aromatic N) is 3. The number of carbonyl (C=O) groups excluding carboxylic acids is 2. The number of carboxylic acid groups (broad SMARTS) is 1. The number of anilines is 2. The van der Waals surface area contributed by atoms with Crippen LogP contribution in [0.4, 0.5) is 11.5 Å². The Bertz CT molecular complexity index is 1720.